The van der Waals surface area contributed by atoms with E-state index in [0.29, 0.717) is 32.0 Å². The van der Waals surface area contributed by atoms with E-state index >= 15 is 0 Å². The highest BCUT2D eigenvalue weighted by atomic mass is 16.6. The predicted molar refractivity (Wildman–Crippen MR) is 146 cm³/mol. The van der Waals surface area contributed by atoms with Gasteiger partial charge in [0.15, 0.2) is 0 Å². The number of aliphatic imine (C=N–C) groups is 1. The summed E-state index contributed by atoms with van der Waals surface area (Å²) in [5.41, 5.74) is 0.729. The molecule has 0 radical (unpaired) electrons. The summed E-state index contributed by atoms with van der Waals surface area (Å²) in [6, 6.07) is 5.99. The predicted octanol–water partition coefficient (Wildman–Crippen LogP) is 4.04. The van der Waals surface area contributed by atoms with Crippen LogP contribution in [0.2, 0.25) is 0 Å². The van der Waals surface area contributed by atoms with Crippen molar-refractivity contribution >= 4 is 24.1 Å². The Kier molecular flexibility index (Phi) is 9.82. The number of carboxylic acid groups (broad SMARTS) is 1. The van der Waals surface area contributed by atoms with Crippen molar-refractivity contribution in [3.8, 4) is 5.75 Å². The number of guanidine groups is 1. The quantitative estimate of drug-likeness (QED) is 0.415. The molecule has 0 unspecified atom stereocenters. The third-order valence-corrected chi connectivity index (χ3v) is 6.24. The number of nitrogens with one attached hydrogen (secondary N) is 1. The fraction of sp³-hybridized carbons (Fsp3) is 0.643. The van der Waals surface area contributed by atoms with Crippen LogP contribution in [0.15, 0.2) is 23.2 Å². The van der Waals surface area contributed by atoms with E-state index < -0.39 is 29.4 Å². The van der Waals surface area contributed by atoms with Crippen LogP contribution in [0.25, 0.3) is 0 Å². The molecule has 1 aromatic carbocycles. The summed E-state index contributed by atoms with van der Waals surface area (Å²) < 4.78 is 16.8. The summed E-state index contributed by atoms with van der Waals surface area (Å²) in [5.74, 6) is 0.388. The van der Waals surface area contributed by atoms with Crippen molar-refractivity contribution in [2.75, 3.05) is 32.8 Å². The molecule has 216 valence electrons. The summed E-state index contributed by atoms with van der Waals surface area (Å²) >= 11 is 0. The number of carboxylic acids is 1. The number of hydrogen-bond acceptors (Lipinski definition) is 7. The molecule has 0 saturated carbocycles. The van der Waals surface area contributed by atoms with Crippen molar-refractivity contribution in [3.63, 3.8) is 0 Å². The number of amides is 2. The lowest BCUT2D eigenvalue weighted by molar-refractivity contribution is -0.138. The number of aliphatic carboxylic acids is 1. The first-order chi connectivity index (χ1) is 18.2. The van der Waals surface area contributed by atoms with E-state index in [-0.39, 0.29) is 12.5 Å². The van der Waals surface area contributed by atoms with Crippen molar-refractivity contribution in [2.24, 2.45) is 10.9 Å². The summed E-state index contributed by atoms with van der Waals surface area (Å²) in [4.78, 5) is 43.8. The Hall–Kier alpha value is -3.34. The molecule has 2 N–H and O–H groups in total. The average molecular weight is 547 g/mol. The minimum absolute atomic E-state index is 0.0728. The SMILES string of the molecule is CC(C)(C)OC(=O)/N=C(/NC(=O)OC(C)(C)C)N1CCc2ccc(OCC3CCN(CC(=O)O)CC3)cc2C1. The Morgan fingerprint density at radius 3 is 2.28 bits per heavy atom. The molecule has 1 saturated heterocycles. The molecule has 0 bridgehead atoms. The molecule has 2 aliphatic rings. The van der Waals surface area contributed by atoms with Crippen molar-refractivity contribution in [3.05, 3.63) is 29.3 Å². The number of ether oxygens (including phenoxy) is 3. The van der Waals surface area contributed by atoms with Crippen molar-refractivity contribution in [1.82, 2.24) is 15.1 Å². The zero-order chi connectivity index (χ0) is 28.8. The molecule has 0 aliphatic carbocycles. The van der Waals surface area contributed by atoms with Gasteiger partial charge >= 0.3 is 18.2 Å². The van der Waals surface area contributed by atoms with Gasteiger partial charge in [0.1, 0.15) is 17.0 Å². The zero-order valence-corrected chi connectivity index (χ0v) is 23.9. The highest BCUT2D eigenvalue weighted by Gasteiger charge is 2.26. The van der Waals surface area contributed by atoms with E-state index in [2.05, 4.69) is 10.3 Å². The Balaban J connectivity index is 1.67. The van der Waals surface area contributed by atoms with Gasteiger partial charge in [-0.15, -0.1) is 4.99 Å². The number of carbonyl (C=O) groups is 3. The summed E-state index contributed by atoms with van der Waals surface area (Å²) in [7, 11) is 0. The van der Waals surface area contributed by atoms with E-state index in [1.165, 1.54) is 0 Å². The van der Waals surface area contributed by atoms with Gasteiger partial charge in [-0.3, -0.25) is 15.0 Å². The smallest absolute Gasteiger partial charge is 0.437 e. The number of rotatable bonds is 5. The maximum Gasteiger partial charge on any atom is 0.437 e. The second-order valence-corrected chi connectivity index (χ2v) is 12.1. The maximum absolute atomic E-state index is 12.5. The molecule has 0 atom stereocenters. The van der Waals surface area contributed by atoms with Gasteiger partial charge in [0.2, 0.25) is 5.96 Å². The van der Waals surface area contributed by atoms with Gasteiger partial charge in [0.05, 0.1) is 13.2 Å². The standard InChI is InChI=1S/C28H42N4O7/c1-27(2,3)38-25(35)29-24(30-26(36)39-28(4,5)6)32-14-11-20-7-8-22(15-21(20)16-32)37-18-19-9-12-31(13-10-19)17-23(33)34/h7-8,15,19H,9-14,16-18H2,1-6H3,(H,33,34)(H,29,30,35,36). The molecule has 0 spiro atoms. The number of fused-ring (bicyclic) bond motifs is 1. The first-order valence-electron chi connectivity index (χ1n) is 13.4. The van der Waals surface area contributed by atoms with E-state index in [4.69, 9.17) is 19.3 Å². The van der Waals surface area contributed by atoms with Gasteiger partial charge < -0.3 is 24.2 Å². The van der Waals surface area contributed by atoms with Gasteiger partial charge in [-0.25, -0.2) is 9.59 Å². The summed E-state index contributed by atoms with van der Waals surface area (Å²) in [6.45, 7) is 13.6. The number of benzene rings is 1. The molecule has 11 nitrogen and oxygen atoms in total. The molecule has 2 aliphatic heterocycles. The first kappa shape index (κ1) is 30.2. The van der Waals surface area contributed by atoms with Gasteiger partial charge in [-0.05, 0) is 103 Å². The van der Waals surface area contributed by atoms with E-state index in [9.17, 15) is 14.4 Å². The molecule has 2 amide bonds. The van der Waals surface area contributed by atoms with Crippen molar-refractivity contribution < 1.29 is 33.7 Å². The van der Waals surface area contributed by atoms with Gasteiger partial charge in [0, 0.05) is 13.1 Å². The number of hydrogen-bond donors (Lipinski definition) is 2. The fourth-order valence-corrected chi connectivity index (χ4v) is 4.46. The molecular formula is C28H42N4O7. The molecule has 1 aromatic rings. The zero-order valence-electron chi connectivity index (χ0n) is 23.9. The van der Waals surface area contributed by atoms with Gasteiger partial charge in [0.25, 0.3) is 0 Å². The van der Waals surface area contributed by atoms with Crippen LogP contribution in [0.4, 0.5) is 9.59 Å². The van der Waals surface area contributed by atoms with Gasteiger partial charge in [-0.1, -0.05) is 6.07 Å². The number of carbonyl (C=O) groups excluding carboxylic acids is 2. The number of nitrogens with zero attached hydrogens (tertiary/aromatic N) is 3. The monoisotopic (exact) mass is 546 g/mol. The minimum atomic E-state index is -0.800. The molecule has 11 heteroatoms. The molecular weight excluding hydrogens is 504 g/mol. The average Bonchev–Trinajstić information content (AvgIpc) is 2.80. The lowest BCUT2D eigenvalue weighted by Gasteiger charge is -2.32. The number of likely N-dealkylation sites (tertiary alicyclic amines) is 1. The third-order valence-electron chi connectivity index (χ3n) is 6.24. The van der Waals surface area contributed by atoms with Crippen molar-refractivity contribution in [1.29, 1.82) is 0 Å². The van der Waals surface area contributed by atoms with Gasteiger partial charge in [-0.2, -0.15) is 0 Å². The van der Waals surface area contributed by atoms with Crippen LogP contribution < -0.4 is 10.1 Å². The van der Waals surface area contributed by atoms with E-state index in [1.54, 1.807) is 41.5 Å². The first-order valence-corrected chi connectivity index (χ1v) is 13.4. The molecule has 3 rings (SSSR count). The molecule has 2 heterocycles. The minimum Gasteiger partial charge on any atom is -0.493 e. The number of piperidine rings is 1. The largest absolute Gasteiger partial charge is 0.493 e. The maximum atomic E-state index is 12.5. The second kappa shape index (κ2) is 12.7. The Morgan fingerprint density at radius 1 is 1.00 bits per heavy atom. The Morgan fingerprint density at radius 2 is 1.67 bits per heavy atom. The Labute approximate surface area is 230 Å². The highest BCUT2D eigenvalue weighted by Crippen LogP contribution is 2.26. The van der Waals surface area contributed by atoms with Crippen LogP contribution in [0, 0.1) is 5.92 Å². The lowest BCUT2D eigenvalue weighted by atomic mass is 9.97. The lowest BCUT2D eigenvalue weighted by Crippen LogP contribution is -2.48. The van der Waals surface area contributed by atoms with Crippen LogP contribution in [-0.4, -0.2) is 83.0 Å². The van der Waals surface area contributed by atoms with Crippen LogP contribution in [0.1, 0.15) is 65.5 Å². The van der Waals surface area contributed by atoms with Crippen LogP contribution in [-0.2, 0) is 27.2 Å². The topological polar surface area (TPSA) is 130 Å². The fourth-order valence-electron chi connectivity index (χ4n) is 4.46. The normalized spacial score (nSPS) is 17.3. The molecule has 1 fully saturated rings. The van der Waals surface area contributed by atoms with Crippen LogP contribution in [0.3, 0.4) is 0 Å². The third kappa shape index (κ3) is 10.4. The van der Waals surface area contributed by atoms with E-state index in [1.807, 2.05) is 28.0 Å². The Bertz CT molecular complexity index is 1070. The molecule has 39 heavy (non-hydrogen) atoms. The van der Waals surface area contributed by atoms with Crippen molar-refractivity contribution in [2.45, 2.75) is 78.6 Å². The summed E-state index contributed by atoms with van der Waals surface area (Å²) in [5, 5.41) is 11.6. The van der Waals surface area contributed by atoms with Crippen LogP contribution in [0.5, 0.6) is 5.75 Å². The van der Waals surface area contributed by atoms with E-state index in [0.717, 1.165) is 42.8 Å². The second-order valence-electron chi connectivity index (χ2n) is 12.1. The van der Waals surface area contributed by atoms with Crippen LogP contribution >= 0.6 is 0 Å². The number of alkyl carbamates (subject to hydrolysis) is 1. The summed E-state index contributed by atoms with van der Waals surface area (Å²) in [6.07, 6.45) is 0.980. The molecule has 0 aromatic heterocycles. The highest BCUT2D eigenvalue weighted by molar-refractivity contribution is 5.99.